The number of hydrogen-bond acceptors (Lipinski definition) is 10. The van der Waals surface area contributed by atoms with E-state index in [2.05, 4.69) is 53.8 Å². The molecular weight excluding hydrogens is 494 g/mol. The average molecular weight is 534 g/mol. The van der Waals surface area contributed by atoms with E-state index in [1.165, 1.54) is 5.56 Å². The highest BCUT2D eigenvalue weighted by atomic mass is 16.5. The Labute approximate surface area is 230 Å². The summed E-state index contributed by atoms with van der Waals surface area (Å²) in [6.07, 6.45) is 3.50. The molecule has 2 aromatic heterocycles. The first kappa shape index (κ1) is 27.0. The monoisotopic (exact) mass is 533 g/mol. The molecule has 0 aliphatic carbocycles. The molecule has 3 aromatic rings. The van der Waals surface area contributed by atoms with Crippen LogP contribution in [0.3, 0.4) is 0 Å². The lowest BCUT2D eigenvalue weighted by atomic mass is 10.0. The van der Waals surface area contributed by atoms with Gasteiger partial charge in [-0.3, -0.25) is 9.69 Å². The summed E-state index contributed by atoms with van der Waals surface area (Å²) in [6, 6.07) is 10.7. The largest absolute Gasteiger partial charge is 0.378 e. The van der Waals surface area contributed by atoms with Crippen molar-refractivity contribution in [3.8, 4) is 0 Å². The van der Waals surface area contributed by atoms with Gasteiger partial charge in [0.25, 0.3) is 0 Å². The molecule has 208 valence electrons. The van der Waals surface area contributed by atoms with Crippen LogP contribution in [0.4, 0.5) is 17.6 Å². The van der Waals surface area contributed by atoms with Crippen LogP contribution < -0.4 is 14.7 Å². The van der Waals surface area contributed by atoms with Crippen LogP contribution in [0.25, 0.3) is 11.0 Å². The van der Waals surface area contributed by atoms with Crippen LogP contribution in [0.5, 0.6) is 0 Å². The second kappa shape index (κ2) is 12.1. The van der Waals surface area contributed by atoms with E-state index < -0.39 is 0 Å². The Hall–Kier alpha value is -3.57. The third-order valence-corrected chi connectivity index (χ3v) is 7.62. The maximum Gasteiger partial charge on any atom is 0.236 e. The Morgan fingerprint density at radius 1 is 0.923 bits per heavy atom. The van der Waals surface area contributed by atoms with Crippen molar-refractivity contribution < 1.29 is 9.53 Å². The summed E-state index contributed by atoms with van der Waals surface area (Å²) in [5.74, 6) is 2.46. The number of hydrogen-bond donors (Lipinski definition) is 0. The molecule has 39 heavy (non-hydrogen) atoms. The molecule has 1 aromatic carbocycles. The first-order valence-electron chi connectivity index (χ1n) is 13.7. The molecule has 0 N–H and O–H groups in total. The molecule has 2 aliphatic rings. The third kappa shape index (κ3) is 6.20. The number of carbonyl (C=O) groups excluding carboxylic acids is 1. The number of likely N-dealkylation sites (N-methyl/N-ethyl adjacent to an activating group) is 2. The summed E-state index contributed by atoms with van der Waals surface area (Å²) in [6.45, 7) is 5.63. The van der Waals surface area contributed by atoms with Gasteiger partial charge in [-0.2, -0.15) is 4.98 Å². The van der Waals surface area contributed by atoms with Gasteiger partial charge in [0, 0.05) is 59.9 Å². The Morgan fingerprint density at radius 2 is 1.64 bits per heavy atom. The molecule has 1 amide bonds. The van der Waals surface area contributed by atoms with Gasteiger partial charge in [0.2, 0.25) is 11.9 Å². The molecule has 0 radical (unpaired) electrons. The first-order valence-corrected chi connectivity index (χ1v) is 13.7. The number of nitrogens with zero attached hydrogens (tertiary/aromatic N) is 9. The van der Waals surface area contributed by atoms with E-state index in [9.17, 15) is 4.79 Å². The molecule has 2 saturated heterocycles. The summed E-state index contributed by atoms with van der Waals surface area (Å²) in [4.78, 5) is 42.2. The highest BCUT2D eigenvalue weighted by Gasteiger charge is 2.28. The van der Waals surface area contributed by atoms with Crippen LogP contribution in [0.1, 0.15) is 18.4 Å². The lowest BCUT2D eigenvalue weighted by Crippen LogP contribution is -2.47. The van der Waals surface area contributed by atoms with E-state index in [-0.39, 0.29) is 5.91 Å². The molecule has 0 unspecified atom stereocenters. The van der Waals surface area contributed by atoms with Gasteiger partial charge in [-0.15, -0.1) is 0 Å². The van der Waals surface area contributed by atoms with Gasteiger partial charge in [0.15, 0.2) is 11.6 Å². The molecule has 4 heterocycles. The minimum absolute atomic E-state index is 0.125. The number of fused-ring (bicyclic) bond motifs is 1. The number of anilines is 3. The number of amides is 1. The Balaban J connectivity index is 1.43. The summed E-state index contributed by atoms with van der Waals surface area (Å²) in [5.41, 5.74) is 2.73. The number of benzene rings is 1. The van der Waals surface area contributed by atoms with Crippen molar-refractivity contribution in [2.45, 2.75) is 25.4 Å². The number of rotatable bonds is 8. The van der Waals surface area contributed by atoms with Crippen LogP contribution in [0.15, 0.2) is 36.7 Å². The van der Waals surface area contributed by atoms with Crippen molar-refractivity contribution in [2.24, 2.45) is 0 Å². The fourth-order valence-electron chi connectivity index (χ4n) is 5.25. The quantitative estimate of drug-likeness (QED) is 0.427. The van der Waals surface area contributed by atoms with Crippen molar-refractivity contribution in [1.82, 2.24) is 29.7 Å². The second-order valence-electron chi connectivity index (χ2n) is 10.6. The van der Waals surface area contributed by atoms with Crippen molar-refractivity contribution in [3.05, 3.63) is 42.2 Å². The first-order chi connectivity index (χ1) is 18.9. The van der Waals surface area contributed by atoms with Crippen molar-refractivity contribution in [2.75, 3.05) is 88.8 Å². The Morgan fingerprint density at radius 3 is 2.33 bits per heavy atom. The van der Waals surface area contributed by atoms with E-state index >= 15 is 0 Å². The Bertz CT molecular complexity index is 1260. The van der Waals surface area contributed by atoms with Gasteiger partial charge >= 0.3 is 0 Å². The minimum Gasteiger partial charge on any atom is -0.378 e. The topological polar surface area (TPSA) is 94.1 Å². The van der Waals surface area contributed by atoms with E-state index in [4.69, 9.17) is 14.7 Å². The summed E-state index contributed by atoms with van der Waals surface area (Å²) in [5, 5.41) is 0. The Kier molecular flexibility index (Phi) is 8.37. The summed E-state index contributed by atoms with van der Waals surface area (Å²) >= 11 is 0. The zero-order valence-electron chi connectivity index (χ0n) is 23.5. The van der Waals surface area contributed by atoms with Gasteiger partial charge in [-0.05, 0) is 25.5 Å². The van der Waals surface area contributed by atoms with Crippen molar-refractivity contribution >= 4 is 34.5 Å². The highest BCUT2D eigenvalue weighted by Crippen LogP contribution is 2.31. The molecule has 11 heteroatoms. The molecule has 0 saturated carbocycles. The standard InChI is InChI=1S/C28H39N9O2/c1-33(2)23(38)19-34(3)22-10-12-37(13-11-22)28-31-25-24(27(32-28)36-14-16-39-17-15-36)29-20-30-26(25)35(4)18-21-8-6-5-7-9-21/h5-9,20,22H,10-19H2,1-4H3. The number of morpholine rings is 1. The molecular formula is C28H39N9O2. The number of ether oxygens (including phenoxy) is 1. The molecule has 0 bridgehead atoms. The predicted molar refractivity (Wildman–Crippen MR) is 153 cm³/mol. The van der Waals surface area contributed by atoms with Gasteiger partial charge in [-0.1, -0.05) is 30.3 Å². The molecule has 0 atom stereocenters. The van der Waals surface area contributed by atoms with Crippen molar-refractivity contribution in [3.63, 3.8) is 0 Å². The maximum absolute atomic E-state index is 12.2. The van der Waals surface area contributed by atoms with Gasteiger partial charge in [0.05, 0.1) is 19.8 Å². The van der Waals surface area contributed by atoms with E-state index in [0.717, 1.165) is 61.7 Å². The van der Waals surface area contributed by atoms with Gasteiger partial charge < -0.3 is 24.3 Å². The lowest BCUT2D eigenvalue weighted by molar-refractivity contribution is -0.130. The second-order valence-corrected chi connectivity index (χ2v) is 10.6. The molecule has 11 nitrogen and oxygen atoms in total. The zero-order valence-corrected chi connectivity index (χ0v) is 23.5. The SMILES string of the molecule is CN(C)C(=O)CN(C)C1CCN(c2nc(N3CCOCC3)c3ncnc(N(C)Cc4ccccc4)c3n2)CC1. The fraction of sp³-hybridized carbons (Fsp3) is 0.536. The van der Waals surface area contributed by atoms with Crippen molar-refractivity contribution in [1.29, 1.82) is 0 Å². The predicted octanol–water partition coefficient (Wildman–Crippen LogP) is 1.88. The fourth-order valence-corrected chi connectivity index (χ4v) is 5.25. The van der Waals surface area contributed by atoms with Gasteiger partial charge in [0.1, 0.15) is 17.4 Å². The number of piperidine rings is 1. The molecule has 5 rings (SSSR count). The highest BCUT2D eigenvalue weighted by molar-refractivity contribution is 5.94. The van der Waals surface area contributed by atoms with Crippen LogP contribution in [-0.4, -0.2) is 116 Å². The van der Waals surface area contributed by atoms with Crippen LogP contribution in [0.2, 0.25) is 0 Å². The van der Waals surface area contributed by atoms with Gasteiger partial charge in [-0.25, -0.2) is 15.0 Å². The normalized spacial score (nSPS) is 16.6. The third-order valence-electron chi connectivity index (χ3n) is 7.62. The minimum atomic E-state index is 0.125. The van der Waals surface area contributed by atoms with Crippen LogP contribution in [-0.2, 0) is 16.1 Å². The van der Waals surface area contributed by atoms with E-state index in [1.54, 1.807) is 25.3 Å². The maximum atomic E-state index is 12.2. The lowest BCUT2D eigenvalue weighted by Gasteiger charge is -2.37. The summed E-state index contributed by atoms with van der Waals surface area (Å²) < 4.78 is 5.62. The van der Waals surface area contributed by atoms with E-state index in [0.29, 0.717) is 38.3 Å². The van der Waals surface area contributed by atoms with E-state index in [1.807, 2.05) is 20.2 Å². The molecule has 2 fully saturated rings. The smallest absolute Gasteiger partial charge is 0.236 e. The number of carbonyl (C=O) groups is 1. The summed E-state index contributed by atoms with van der Waals surface area (Å²) in [7, 11) is 7.69. The van der Waals surface area contributed by atoms with Crippen LogP contribution >= 0.6 is 0 Å². The molecule has 2 aliphatic heterocycles. The number of aromatic nitrogens is 4. The van der Waals surface area contributed by atoms with Crippen LogP contribution in [0, 0.1) is 0 Å². The molecule has 0 spiro atoms. The average Bonchev–Trinajstić information content (AvgIpc) is 2.97. The zero-order chi connectivity index (χ0) is 27.4.